The number of aromatic nitrogens is 2. The molecular weight excluding hydrogens is 572 g/mol. The molecule has 0 saturated carbocycles. The van der Waals surface area contributed by atoms with Crippen molar-refractivity contribution >= 4 is 34.9 Å². The van der Waals surface area contributed by atoms with Crippen molar-refractivity contribution in [3.05, 3.63) is 84.4 Å². The molecule has 0 aliphatic carbocycles. The zero-order valence-electron chi connectivity index (χ0n) is 24.9. The molecule has 230 valence electrons. The quantitative estimate of drug-likeness (QED) is 0.240. The summed E-state index contributed by atoms with van der Waals surface area (Å²) < 4.78 is 5.90. The van der Waals surface area contributed by atoms with E-state index in [4.69, 9.17) is 4.42 Å². The lowest BCUT2D eigenvalue weighted by Crippen LogP contribution is -2.55. The first-order valence-electron chi connectivity index (χ1n) is 15.1. The molecule has 6 rings (SSSR count). The Labute approximate surface area is 260 Å². The zero-order chi connectivity index (χ0) is 31.4. The lowest BCUT2D eigenvalue weighted by atomic mass is 9.91. The van der Waals surface area contributed by atoms with Gasteiger partial charge in [-0.25, -0.2) is 0 Å². The normalized spacial score (nSPS) is 19.3. The van der Waals surface area contributed by atoms with Gasteiger partial charge in [0.25, 0.3) is 5.91 Å². The van der Waals surface area contributed by atoms with Crippen LogP contribution in [0.4, 0.5) is 11.4 Å². The van der Waals surface area contributed by atoms with E-state index in [1.165, 1.54) is 6.92 Å². The smallest absolute Gasteiger partial charge is 0.252 e. The third kappa shape index (κ3) is 6.39. The lowest BCUT2D eigenvalue weighted by Gasteiger charge is -2.25. The van der Waals surface area contributed by atoms with Gasteiger partial charge in [0.2, 0.25) is 23.6 Å². The monoisotopic (exact) mass is 606 g/mol. The Balaban J connectivity index is 1.06. The number of nitrogens with one attached hydrogen (secondary N) is 3. The van der Waals surface area contributed by atoms with Gasteiger partial charge in [-0.05, 0) is 93.2 Å². The van der Waals surface area contributed by atoms with Crippen LogP contribution in [0.5, 0.6) is 0 Å². The van der Waals surface area contributed by atoms with E-state index in [2.05, 4.69) is 26.1 Å². The summed E-state index contributed by atoms with van der Waals surface area (Å²) in [5.41, 5.74) is 2.24. The number of ketones is 1. The Morgan fingerprint density at radius 2 is 1.49 bits per heavy atom. The maximum absolute atomic E-state index is 13.1. The zero-order valence-corrected chi connectivity index (χ0v) is 24.9. The van der Waals surface area contributed by atoms with Gasteiger partial charge in [-0.3, -0.25) is 24.5 Å². The van der Waals surface area contributed by atoms with E-state index in [0.29, 0.717) is 60.2 Å². The number of amides is 3. The van der Waals surface area contributed by atoms with E-state index in [9.17, 15) is 19.2 Å². The van der Waals surface area contributed by atoms with Crippen LogP contribution in [0.1, 0.15) is 38.2 Å². The first-order valence-corrected chi connectivity index (χ1v) is 15.1. The molecule has 2 saturated heterocycles. The summed E-state index contributed by atoms with van der Waals surface area (Å²) >= 11 is 0. The summed E-state index contributed by atoms with van der Waals surface area (Å²) in [4.78, 5) is 52.8. The van der Waals surface area contributed by atoms with Crippen LogP contribution in [0.2, 0.25) is 0 Å². The largest absolute Gasteiger partial charge is 0.416 e. The van der Waals surface area contributed by atoms with Crippen LogP contribution in [-0.2, 0) is 25.6 Å². The molecule has 3 amide bonds. The summed E-state index contributed by atoms with van der Waals surface area (Å²) in [5.74, 6) is -0.212. The van der Waals surface area contributed by atoms with Crippen LogP contribution in [0.3, 0.4) is 0 Å². The predicted octanol–water partition coefficient (Wildman–Crippen LogP) is 4.23. The molecule has 4 aromatic rings. The number of carbonyl (C=O) groups excluding carboxylic acids is 4. The standard InChI is InChI=1S/C34H34N6O5/c1-22(41)34(18-6-19-35-34)33(44)37-27-16-12-25(13-17-27)32-39-38-31(45-32)24-10-14-26(15-11-24)36-30(43)28-9-5-20-40(28)29(42)21-23-7-3-2-4-8-23/h2-4,7-8,10-17,28,35H,5-6,9,18-21H2,1H3,(H,36,43)(H,37,44)/t28-,34?/m0/s1. The second kappa shape index (κ2) is 12.8. The molecule has 2 atom stereocenters. The summed E-state index contributed by atoms with van der Waals surface area (Å²) in [6.45, 7) is 2.62. The second-order valence-electron chi connectivity index (χ2n) is 11.4. The molecule has 1 aromatic heterocycles. The van der Waals surface area contributed by atoms with E-state index in [1.807, 2.05) is 30.3 Å². The molecular formula is C34H34N6O5. The average molecular weight is 607 g/mol. The highest BCUT2D eigenvalue weighted by Crippen LogP contribution is 2.28. The topological polar surface area (TPSA) is 147 Å². The van der Waals surface area contributed by atoms with E-state index in [0.717, 1.165) is 18.4 Å². The Morgan fingerprint density at radius 3 is 2.07 bits per heavy atom. The maximum Gasteiger partial charge on any atom is 0.252 e. The fourth-order valence-corrected chi connectivity index (χ4v) is 5.92. The van der Waals surface area contributed by atoms with Crippen molar-refractivity contribution in [3.63, 3.8) is 0 Å². The number of likely N-dealkylation sites (tertiary alicyclic amines) is 1. The van der Waals surface area contributed by atoms with Crippen LogP contribution in [0, 0.1) is 0 Å². The highest BCUT2D eigenvalue weighted by atomic mass is 16.4. The maximum atomic E-state index is 13.1. The van der Waals surface area contributed by atoms with Crippen molar-refractivity contribution in [2.24, 2.45) is 0 Å². The van der Waals surface area contributed by atoms with Gasteiger partial charge in [0.05, 0.1) is 6.42 Å². The summed E-state index contributed by atoms with van der Waals surface area (Å²) in [5, 5.41) is 17.2. The average Bonchev–Trinajstić information content (AvgIpc) is 3.84. The van der Waals surface area contributed by atoms with Crippen molar-refractivity contribution in [2.45, 2.75) is 50.6 Å². The summed E-state index contributed by atoms with van der Waals surface area (Å²) in [7, 11) is 0. The SMILES string of the molecule is CC(=O)C1(C(=O)Nc2ccc(-c3nnc(-c4ccc(NC(=O)[C@@H]5CCCN5C(=O)Cc5ccccc5)cc4)o3)cc2)CCCN1. The fourth-order valence-electron chi connectivity index (χ4n) is 5.92. The molecule has 0 spiro atoms. The number of hydrogen-bond acceptors (Lipinski definition) is 8. The van der Waals surface area contributed by atoms with Crippen LogP contribution in [-0.4, -0.2) is 63.3 Å². The molecule has 2 aliphatic rings. The number of rotatable bonds is 9. The van der Waals surface area contributed by atoms with Crippen molar-refractivity contribution in [2.75, 3.05) is 23.7 Å². The van der Waals surface area contributed by atoms with Crippen LogP contribution in [0.25, 0.3) is 22.9 Å². The van der Waals surface area contributed by atoms with Gasteiger partial charge >= 0.3 is 0 Å². The minimum atomic E-state index is -1.18. The number of hydrogen-bond donors (Lipinski definition) is 3. The molecule has 0 radical (unpaired) electrons. The molecule has 0 bridgehead atoms. The molecule has 1 unspecified atom stereocenters. The molecule has 2 fully saturated rings. The van der Waals surface area contributed by atoms with Gasteiger partial charge in [-0.1, -0.05) is 30.3 Å². The fraction of sp³-hybridized carbons (Fsp3) is 0.294. The lowest BCUT2D eigenvalue weighted by molar-refractivity contribution is -0.136. The number of nitrogens with zero attached hydrogens (tertiary/aromatic N) is 3. The third-order valence-corrected chi connectivity index (χ3v) is 8.43. The Morgan fingerprint density at radius 1 is 0.867 bits per heavy atom. The molecule has 11 nitrogen and oxygen atoms in total. The highest BCUT2D eigenvalue weighted by molar-refractivity contribution is 6.15. The summed E-state index contributed by atoms with van der Waals surface area (Å²) in [6.07, 6.45) is 2.91. The van der Waals surface area contributed by atoms with Crippen molar-refractivity contribution < 1.29 is 23.6 Å². The van der Waals surface area contributed by atoms with E-state index in [1.54, 1.807) is 53.4 Å². The molecule has 11 heteroatoms. The van der Waals surface area contributed by atoms with E-state index in [-0.39, 0.29) is 29.9 Å². The molecule has 2 aliphatic heterocycles. The number of carbonyl (C=O) groups is 4. The number of anilines is 2. The number of benzene rings is 3. The van der Waals surface area contributed by atoms with Gasteiger partial charge in [0, 0.05) is 29.0 Å². The molecule has 45 heavy (non-hydrogen) atoms. The minimum absolute atomic E-state index is 0.0523. The molecule has 3 N–H and O–H groups in total. The molecule has 3 aromatic carbocycles. The van der Waals surface area contributed by atoms with Crippen molar-refractivity contribution in [1.82, 2.24) is 20.4 Å². The predicted molar refractivity (Wildman–Crippen MR) is 168 cm³/mol. The van der Waals surface area contributed by atoms with Gasteiger partial charge in [-0.2, -0.15) is 0 Å². The van der Waals surface area contributed by atoms with Crippen LogP contribution in [0.15, 0.2) is 83.3 Å². The van der Waals surface area contributed by atoms with Gasteiger partial charge in [-0.15, -0.1) is 10.2 Å². The van der Waals surface area contributed by atoms with Gasteiger partial charge in [0.15, 0.2) is 11.3 Å². The number of Topliss-reactive ketones (excluding diaryl/α,β-unsaturated/α-hetero) is 1. The second-order valence-corrected chi connectivity index (χ2v) is 11.4. The first-order chi connectivity index (χ1) is 21.8. The van der Waals surface area contributed by atoms with Gasteiger partial charge < -0.3 is 20.0 Å². The highest BCUT2D eigenvalue weighted by Gasteiger charge is 2.45. The van der Waals surface area contributed by atoms with Crippen molar-refractivity contribution in [3.8, 4) is 22.9 Å². The Bertz CT molecular complexity index is 1700. The molecule has 3 heterocycles. The van der Waals surface area contributed by atoms with Crippen LogP contribution < -0.4 is 16.0 Å². The minimum Gasteiger partial charge on any atom is -0.416 e. The Kier molecular flexibility index (Phi) is 8.52. The van der Waals surface area contributed by atoms with E-state index < -0.39 is 11.6 Å². The third-order valence-electron chi connectivity index (χ3n) is 8.43. The van der Waals surface area contributed by atoms with Crippen molar-refractivity contribution in [1.29, 1.82) is 0 Å². The van der Waals surface area contributed by atoms with E-state index >= 15 is 0 Å². The first kappa shape index (κ1) is 29.9. The van der Waals surface area contributed by atoms with Gasteiger partial charge in [0.1, 0.15) is 6.04 Å². The Hall–Kier alpha value is -5.16. The summed E-state index contributed by atoms with van der Waals surface area (Å²) in [6, 6.07) is 23.1. The van der Waals surface area contributed by atoms with Crippen LogP contribution >= 0.6 is 0 Å².